The molecule has 0 N–H and O–H groups in total. The molecule has 2 aromatic rings. The number of benzene rings is 1. The average molecular weight is 384 g/mol. The van der Waals surface area contributed by atoms with Crippen LogP contribution in [0.15, 0.2) is 36.5 Å². The van der Waals surface area contributed by atoms with Crippen LogP contribution < -0.4 is 4.90 Å². The first-order chi connectivity index (χ1) is 13.5. The molecule has 8 heteroatoms. The van der Waals surface area contributed by atoms with E-state index in [1.54, 1.807) is 34.2 Å². The molecule has 2 fully saturated rings. The van der Waals surface area contributed by atoms with Crippen LogP contribution in [-0.2, 0) is 9.53 Å². The van der Waals surface area contributed by atoms with Crippen molar-refractivity contribution in [3.05, 3.63) is 53.9 Å². The van der Waals surface area contributed by atoms with Crippen LogP contribution in [0.5, 0.6) is 0 Å². The molecule has 2 saturated heterocycles. The van der Waals surface area contributed by atoms with Crippen molar-refractivity contribution in [2.75, 3.05) is 31.1 Å². The number of rotatable bonds is 2. The lowest BCUT2D eigenvalue weighted by Gasteiger charge is -2.46. The van der Waals surface area contributed by atoms with E-state index in [2.05, 4.69) is 9.97 Å². The van der Waals surface area contributed by atoms with Crippen molar-refractivity contribution in [2.24, 2.45) is 0 Å². The molecule has 0 atom stereocenters. The normalized spacial score (nSPS) is 19.1. The first-order valence-electron chi connectivity index (χ1n) is 9.25. The second-order valence-electron chi connectivity index (χ2n) is 7.25. The summed E-state index contributed by atoms with van der Waals surface area (Å²) in [4.78, 5) is 36.5. The molecule has 0 radical (unpaired) electrons. The number of aromatic nitrogens is 2. The summed E-state index contributed by atoms with van der Waals surface area (Å²) in [5.74, 6) is -0.586. The predicted octanol–water partition coefficient (Wildman–Crippen LogP) is 1.96. The number of hydrogen-bond acceptors (Lipinski definition) is 5. The molecule has 146 valence electrons. The Labute approximate surface area is 162 Å². The monoisotopic (exact) mass is 384 g/mol. The number of aryl methyl sites for hydroxylation is 1. The summed E-state index contributed by atoms with van der Waals surface area (Å²) in [6, 6.07) is 7.75. The van der Waals surface area contributed by atoms with Crippen molar-refractivity contribution < 1.29 is 18.7 Å². The first-order valence-corrected chi connectivity index (χ1v) is 9.25. The fraction of sp³-hybridized carbons (Fsp3) is 0.400. The highest BCUT2D eigenvalue weighted by Crippen LogP contribution is 2.33. The first kappa shape index (κ1) is 18.5. The third-order valence-electron chi connectivity index (χ3n) is 5.32. The number of ether oxygens (including phenoxy) is 1. The van der Waals surface area contributed by atoms with E-state index < -0.39 is 5.60 Å². The molecule has 2 aliphatic heterocycles. The SMILES string of the molecule is Cc1ccnc(C(=O)N2CCC3(CC2)CN(c2cccc(F)c2)C(=O)CO3)n1. The van der Waals surface area contributed by atoms with Crippen molar-refractivity contribution in [3.8, 4) is 0 Å². The van der Waals surface area contributed by atoms with Crippen LogP contribution in [-0.4, -0.2) is 58.5 Å². The summed E-state index contributed by atoms with van der Waals surface area (Å²) in [6.45, 7) is 3.09. The molecular formula is C20H21FN4O3. The number of hydrogen-bond donors (Lipinski definition) is 0. The molecule has 0 bridgehead atoms. The minimum atomic E-state index is -0.537. The Balaban J connectivity index is 1.46. The molecule has 0 unspecified atom stereocenters. The van der Waals surface area contributed by atoms with E-state index in [9.17, 15) is 14.0 Å². The number of morpholine rings is 1. The van der Waals surface area contributed by atoms with Crippen LogP contribution in [0.4, 0.5) is 10.1 Å². The quantitative estimate of drug-likeness (QED) is 0.791. The smallest absolute Gasteiger partial charge is 0.291 e. The molecule has 4 rings (SSSR count). The minimum absolute atomic E-state index is 0.0501. The van der Waals surface area contributed by atoms with Crippen molar-refractivity contribution >= 4 is 17.5 Å². The Kier molecular flexibility index (Phi) is 4.80. The number of likely N-dealkylation sites (tertiary alicyclic amines) is 1. The zero-order chi connectivity index (χ0) is 19.7. The van der Waals surface area contributed by atoms with E-state index >= 15 is 0 Å². The average Bonchev–Trinajstić information content (AvgIpc) is 2.70. The highest BCUT2D eigenvalue weighted by molar-refractivity contribution is 5.95. The second-order valence-corrected chi connectivity index (χ2v) is 7.25. The van der Waals surface area contributed by atoms with Crippen molar-refractivity contribution in [2.45, 2.75) is 25.4 Å². The van der Waals surface area contributed by atoms with E-state index in [4.69, 9.17) is 4.74 Å². The van der Waals surface area contributed by atoms with Gasteiger partial charge in [0.05, 0.1) is 12.1 Å². The maximum Gasteiger partial charge on any atom is 0.291 e. The van der Waals surface area contributed by atoms with Gasteiger partial charge < -0.3 is 14.5 Å². The number of carbonyl (C=O) groups excluding carboxylic acids is 2. The van der Waals surface area contributed by atoms with Crippen molar-refractivity contribution in [3.63, 3.8) is 0 Å². The van der Waals surface area contributed by atoms with Crippen LogP contribution in [0.3, 0.4) is 0 Å². The lowest BCUT2D eigenvalue weighted by Crippen LogP contribution is -2.59. The Morgan fingerprint density at radius 3 is 2.75 bits per heavy atom. The van der Waals surface area contributed by atoms with Gasteiger partial charge in [0.25, 0.3) is 11.8 Å². The summed E-state index contributed by atoms with van der Waals surface area (Å²) in [5.41, 5.74) is 0.732. The highest BCUT2D eigenvalue weighted by atomic mass is 19.1. The molecule has 0 saturated carbocycles. The number of piperidine rings is 1. The zero-order valence-corrected chi connectivity index (χ0v) is 15.6. The van der Waals surface area contributed by atoms with Gasteiger partial charge in [-0.25, -0.2) is 14.4 Å². The van der Waals surface area contributed by atoms with Crippen LogP contribution in [0, 0.1) is 12.7 Å². The second kappa shape index (κ2) is 7.27. The van der Waals surface area contributed by atoms with Gasteiger partial charge in [-0.05, 0) is 44.0 Å². The van der Waals surface area contributed by atoms with E-state index in [0.717, 1.165) is 5.69 Å². The standard InChI is InChI=1S/C20H21FN4O3/c1-14-5-8-22-18(23-14)19(27)24-9-6-20(7-10-24)13-25(17(26)12-28-20)16-4-2-3-15(21)11-16/h2-5,8,11H,6-7,9-10,12-13H2,1H3. The van der Waals surface area contributed by atoms with Gasteiger partial charge in [0.2, 0.25) is 5.82 Å². The topological polar surface area (TPSA) is 75.6 Å². The van der Waals surface area contributed by atoms with Gasteiger partial charge in [-0.2, -0.15) is 0 Å². The Bertz CT molecular complexity index is 912. The molecule has 7 nitrogen and oxygen atoms in total. The number of carbonyl (C=O) groups is 2. The molecule has 1 aromatic heterocycles. The van der Waals surface area contributed by atoms with Crippen molar-refractivity contribution in [1.29, 1.82) is 0 Å². The maximum atomic E-state index is 13.6. The van der Waals surface area contributed by atoms with E-state index in [1.165, 1.54) is 12.1 Å². The summed E-state index contributed by atoms with van der Waals surface area (Å²) >= 11 is 0. The van der Waals surface area contributed by atoms with E-state index in [1.807, 2.05) is 6.92 Å². The Hall–Kier alpha value is -2.87. The fourth-order valence-corrected chi connectivity index (χ4v) is 3.71. The van der Waals surface area contributed by atoms with Gasteiger partial charge in [-0.1, -0.05) is 6.07 Å². The van der Waals surface area contributed by atoms with Gasteiger partial charge in [0.15, 0.2) is 0 Å². The van der Waals surface area contributed by atoms with Gasteiger partial charge in [0.1, 0.15) is 12.4 Å². The van der Waals surface area contributed by atoms with E-state index in [0.29, 0.717) is 38.2 Å². The zero-order valence-electron chi connectivity index (χ0n) is 15.6. The predicted molar refractivity (Wildman–Crippen MR) is 99.3 cm³/mol. The third-order valence-corrected chi connectivity index (χ3v) is 5.32. The largest absolute Gasteiger partial charge is 0.363 e. The molecule has 28 heavy (non-hydrogen) atoms. The number of nitrogens with zero attached hydrogens (tertiary/aromatic N) is 4. The molecule has 1 spiro atoms. The number of anilines is 1. The maximum absolute atomic E-state index is 13.6. The van der Waals surface area contributed by atoms with E-state index in [-0.39, 0.29) is 30.1 Å². The van der Waals surface area contributed by atoms with Gasteiger partial charge in [-0.3, -0.25) is 9.59 Å². The fourth-order valence-electron chi connectivity index (χ4n) is 3.71. The third kappa shape index (κ3) is 3.60. The van der Waals surface area contributed by atoms with Crippen LogP contribution in [0.1, 0.15) is 29.2 Å². The molecular weight excluding hydrogens is 363 g/mol. The number of amides is 2. The van der Waals surface area contributed by atoms with Crippen LogP contribution in [0.2, 0.25) is 0 Å². The summed E-state index contributed by atoms with van der Waals surface area (Å²) < 4.78 is 19.5. The molecule has 3 heterocycles. The minimum Gasteiger partial charge on any atom is -0.363 e. The van der Waals surface area contributed by atoms with Gasteiger partial charge in [0, 0.05) is 30.7 Å². The molecule has 2 amide bonds. The van der Waals surface area contributed by atoms with Gasteiger partial charge >= 0.3 is 0 Å². The lowest BCUT2D eigenvalue weighted by molar-refractivity contribution is -0.143. The molecule has 0 aliphatic carbocycles. The Morgan fingerprint density at radius 2 is 2.04 bits per heavy atom. The summed E-state index contributed by atoms with van der Waals surface area (Å²) in [6.07, 6.45) is 2.75. The molecule has 1 aromatic carbocycles. The van der Waals surface area contributed by atoms with Crippen LogP contribution >= 0.6 is 0 Å². The number of halogens is 1. The van der Waals surface area contributed by atoms with Crippen molar-refractivity contribution in [1.82, 2.24) is 14.9 Å². The lowest BCUT2D eigenvalue weighted by atomic mass is 9.89. The summed E-state index contributed by atoms with van der Waals surface area (Å²) in [5, 5.41) is 0. The Morgan fingerprint density at radius 1 is 1.25 bits per heavy atom. The molecule has 2 aliphatic rings. The summed E-state index contributed by atoms with van der Waals surface area (Å²) in [7, 11) is 0. The van der Waals surface area contributed by atoms with Gasteiger partial charge in [-0.15, -0.1) is 0 Å². The highest BCUT2D eigenvalue weighted by Gasteiger charge is 2.43. The van der Waals surface area contributed by atoms with Crippen LogP contribution in [0.25, 0.3) is 0 Å².